The number of hydrazone groups is 1. The Morgan fingerprint density at radius 3 is 2.33 bits per heavy atom. The number of nitrogens with zero attached hydrogens (tertiary/aromatic N) is 4. The number of amides is 1. The second-order valence-corrected chi connectivity index (χ2v) is 7.33. The maximum Gasteiger partial charge on any atom is 0.252 e. The van der Waals surface area contributed by atoms with Gasteiger partial charge in [0, 0.05) is 16.1 Å². The van der Waals surface area contributed by atoms with Gasteiger partial charge in [-0.05, 0) is 30.2 Å². The first-order valence-electron chi connectivity index (χ1n) is 8.50. The van der Waals surface area contributed by atoms with Gasteiger partial charge in [0.05, 0.1) is 24.6 Å². The number of carbonyl (C=O) groups excluding carboxylic acids is 1. The lowest BCUT2D eigenvalue weighted by molar-refractivity contribution is -0.133. The molecule has 5 nitrogen and oxygen atoms in total. The normalized spacial score (nSPS) is 17.4. The predicted molar refractivity (Wildman–Crippen MR) is 105 cm³/mol. The van der Waals surface area contributed by atoms with Gasteiger partial charge in [-0.3, -0.25) is 4.79 Å². The number of nitriles is 2. The molecule has 0 saturated heterocycles. The first-order valence-corrected chi connectivity index (χ1v) is 9.29. The third-order valence-corrected chi connectivity index (χ3v) is 5.20. The van der Waals surface area contributed by atoms with Crippen molar-refractivity contribution < 1.29 is 4.79 Å². The quantitative estimate of drug-likeness (QED) is 0.725. The smallest absolute Gasteiger partial charge is 0.252 e. The molecule has 1 heterocycles. The van der Waals surface area contributed by atoms with Crippen LogP contribution in [0.4, 0.5) is 0 Å². The van der Waals surface area contributed by atoms with Crippen molar-refractivity contribution in [1.29, 1.82) is 10.5 Å². The van der Waals surface area contributed by atoms with Crippen LogP contribution in [0.2, 0.25) is 0 Å². The van der Waals surface area contributed by atoms with Crippen LogP contribution in [0.5, 0.6) is 0 Å². The average molecular weight is 421 g/mol. The van der Waals surface area contributed by atoms with Crippen molar-refractivity contribution in [3.8, 4) is 12.1 Å². The largest absolute Gasteiger partial charge is 0.272 e. The second-order valence-electron chi connectivity index (χ2n) is 6.41. The molecule has 0 spiro atoms. The molecule has 0 aliphatic carbocycles. The fourth-order valence-corrected chi connectivity index (χ4v) is 3.64. The third kappa shape index (κ3) is 3.92. The van der Waals surface area contributed by atoms with E-state index in [1.165, 1.54) is 5.01 Å². The van der Waals surface area contributed by atoms with Crippen LogP contribution in [-0.2, 0) is 11.3 Å². The maximum atomic E-state index is 13.1. The lowest BCUT2D eigenvalue weighted by Gasteiger charge is -2.24. The van der Waals surface area contributed by atoms with Crippen LogP contribution < -0.4 is 0 Å². The first-order chi connectivity index (χ1) is 13.0. The molecule has 0 radical (unpaired) electrons. The number of benzene rings is 2. The molecule has 1 amide bonds. The van der Waals surface area contributed by atoms with Crippen LogP contribution in [0.15, 0.2) is 64.2 Å². The standard InChI is InChI=1S/C21H17BrN4O/c1-14-19(21(27)26(25-14)13-15-5-3-2-4-6-15)20(17(11-23)12-24)16-7-9-18(22)10-8-16/h2-10,17,19-20H,13H2,1H3/t19-,20+/m1/s1. The van der Waals surface area contributed by atoms with E-state index >= 15 is 0 Å². The molecule has 0 aromatic heterocycles. The molecule has 0 fully saturated rings. The molecular weight excluding hydrogens is 404 g/mol. The summed E-state index contributed by atoms with van der Waals surface area (Å²) >= 11 is 3.39. The molecule has 2 aromatic carbocycles. The van der Waals surface area contributed by atoms with Crippen molar-refractivity contribution in [2.24, 2.45) is 16.9 Å². The minimum Gasteiger partial charge on any atom is -0.272 e. The Kier molecular flexibility index (Phi) is 5.69. The summed E-state index contributed by atoms with van der Waals surface area (Å²) < 4.78 is 0.893. The number of halogens is 1. The Balaban J connectivity index is 1.94. The SMILES string of the molecule is CC1=NN(Cc2ccccc2)C(=O)[C@H]1[C@@H](c1ccc(Br)cc1)C(C#N)C#N. The monoisotopic (exact) mass is 420 g/mol. The molecule has 0 bridgehead atoms. The van der Waals surface area contributed by atoms with Gasteiger partial charge in [-0.1, -0.05) is 58.4 Å². The van der Waals surface area contributed by atoms with Crippen LogP contribution in [0.3, 0.4) is 0 Å². The van der Waals surface area contributed by atoms with Gasteiger partial charge in [-0.2, -0.15) is 15.6 Å². The predicted octanol–water partition coefficient (Wildman–Crippen LogP) is 4.23. The Labute approximate surface area is 166 Å². The fraction of sp³-hybridized carbons (Fsp3) is 0.238. The Morgan fingerprint density at radius 2 is 1.74 bits per heavy atom. The summed E-state index contributed by atoms with van der Waals surface area (Å²) in [5, 5.41) is 24.9. The number of hydrogen-bond donors (Lipinski definition) is 0. The van der Waals surface area contributed by atoms with Crippen molar-refractivity contribution in [1.82, 2.24) is 5.01 Å². The highest BCUT2D eigenvalue weighted by molar-refractivity contribution is 9.10. The number of carbonyl (C=O) groups is 1. The molecule has 2 atom stereocenters. The van der Waals surface area contributed by atoms with Crippen LogP contribution >= 0.6 is 15.9 Å². The molecule has 0 unspecified atom stereocenters. The van der Waals surface area contributed by atoms with E-state index in [2.05, 4.69) is 21.0 Å². The van der Waals surface area contributed by atoms with Crippen molar-refractivity contribution in [2.45, 2.75) is 19.4 Å². The molecule has 27 heavy (non-hydrogen) atoms. The molecule has 134 valence electrons. The van der Waals surface area contributed by atoms with E-state index in [0.29, 0.717) is 12.3 Å². The highest BCUT2D eigenvalue weighted by atomic mass is 79.9. The van der Waals surface area contributed by atoms with Crippen LogP contribution in [0.25, 0.3) is 0 Å². The van der Waals surface area contributed by atoms with Crippen molar-refractivity contribution >= 4 is 27.5 Å². The van der Waals surface area contributed by atoms with Crippen molar-refractivity contribution in [3.05, 3.63) is 70.2 Å². The van der Waals surface area contributed by atoms with E-state index in [4.69, 9.17) is 0 Å². The summed E-state index contributed by atoms with van der Waals surface area (Å²) in [7, 11) is 0. The topological polar surface area (TPSA) is 80.2 Å². The maximum absolute atomic E-state index is 13.1. The van der Waals surface area contributed by atoms with Gasteiger partial charge in [-0.25, -0.2) is 5.01 Å². The lowest BCUT2D eigenvalue weighted by atomic mass is 9.76. The van der Waals surface area contributed by atoms with E-state index in [0.717, 1.165) is 15.6 Å². The summed E-state index contributed by atoms with van der Waals surface area (Å²) in [6.07, 6.45) is 0. The number of rotatable bonds is 5. The van der Waals surface area contributed by atoms with Crippen LogP contribution in [0, 0.1) is 34.5 Å². The van der Waals surface area contributed by atoms with Crippen LogP contribution in [0.1, 0.15) is 24.0 Å². The van der Waals surface area contributed by atoms with E-state index in [-0.39, 0.29) is 5.91 Å². The summed E-state index contributed by atoms with van der Waals surface area (Å²) in [4.78, 5) is 13.1. The summed E-state index contributed by atoms with van der Waals surface area (Å²) in [5.74, 6) is -2.31. The first kappa shape index (κ1) is 18.8. The summed E-state index contributed by atoms with van der Waals surface area (Å²) in [6, 6.07) is 21.1. The molecule has 0 N–H and O–H groups in total. The molecule has 6 heteroatoms. The minimum atomic E-state index is -0.943. The van der Waals surface area contributed by atoms with Gasteiger partial charge >= 0.3 is 0 Å². The van der Waals surface area contributed by atoms with Gasteiger partial charge < -0.3 is 0 Å². The zero-order valence-electron chi connectivity index (χ0n) is 14.7. The molecule has 2 aromatic rings. The fourth-order valence-electron chi connectivity index (χ4n) is 3.38. The minimum absolute atomic E-state index is 0.181. The third-order valence-electron chi connectivity index (χ3n) is 4.68. The highest BCUT2D eigenvalue weighted by Gasteiger charge is 2.43. The summed E-state index contributed by atoms with van der Waals surface area (Å²) in [5.41, 5.74) is 2.38. The molecular formula is C21H17BrN4O. The summed E-state index contributed by atoms with van der Waals surface area (Å²) in [6.45, 7) is 2.15. The van der Waals surface area contributed by atoms with Gasteiger partial charge in [0.15, 0.2) is 0 Å². The molecule has 0 saturated carbocycles. The Bertz CT molecular complexity index is 927. The lowest BCUT2D eigenvalue weighted by Crippen LogP contribution is -2.34. The van der Waals surface area contributed by atoms with Crippen molar-refractivity contribution in [2.75, 3.05) is 0 Å². The number of hydrogen-bond acceptors (Lipinski definition) is 4. The zero-order valence-corrected chi connectivity index (χ0v) is 16.3. The van der Waals surface area contributed by atoms with E-state index < -0.39 is 17.8 Å². The van der Waals surface area contributed by atoms with E-state index in [1.807, 2.05) is 66.7 Å². The van der Waals surface area contributed by atoms with Crippen LogP contribution in [-0.4, -0.2) is 16.6 Å². The highest BCUT2D eigenvalue weighted by Crippen LogP contribution is 2.37. The molecule has 1 aliphatic heterocycles. The van der Waals surface area contributed by atoms with E-state index in [1.54, 1.807) is 6.92 Å². The average Bonchev–Trinajstić information content (AvgIpc) is 2.95. The molecule has 1 aliphatic rings. The zero-order chi connectivity index (χ0) is 19.4. The van der Waals surface area contributed by atoms with Gasteiger partial charge in [-0.15, -0.1) is 0 Å². The van der Waals surface area contributed by atoms with E-state index in [9.17, 15) is 15.3 Å². The Hall–Kier alpha value is -2.96. The van der Waals surface area contributed by atoms with Gasteiger partial charge in [0.1, 0.15) is 5.92 Å². The Morgan fingerprint density at radius 1 is 1.11 bits per heavy atom. The van der Waals surface area contributed by atoms with Crippen molar-refractivity contribution in [3.63, 3.8) is 0 Å². The second kappa shape index (κ2) is 8.16. The molecule has 3 rings (SSSR count). The van der Waals surface area contributed by atoms with Gasteiger partial charge in [0.25, 0.3) is 5.91 Å². The van der Waals surface area contributed by atoms with Gasteiger partial charge in [0.2, 0.25) is 0 Å².